The number of pyridine rings is 1. The summed E-state index contributed by atoms with van der Waals surface area (Å²) in [5, 5.41) is 8.41. The minimum atomic E-state index is 0.230. The molecule has 36 heavy (non-hydrogen) atoms. The van der Waals surface area contributed by atoms with Crippen LogP contribution in [0.3, 0.4) is 0 Å². The van der Waals surface area contributed by atoms with Crippen molar-refractivity contribution in [3.8, 4) is 0 Å². The Morgan fingerprint density at radius 3 is 2.28 bits per heavy atom. The molecule has 1 aromatic heterocycles. The van der Waals surface area contributed by atoms with Gasteiger partial charge in [0, 0.05) is 43.8 Å². The number of hydrogen-bond donors (Lipinski definition) is 3. The zero-order valence-electron chi connectivity index (χ0n) is 24.1. The third-order valence-corrected chi connectivity index (χ3v) is 8.82. The van der Waals surface area contributed by atoms with Gasteiger partial charge >= 0.3 is 0 Å². The minimum Gasteiger partial charge on any atom is -0.382 e. The van der Waals surface area contributed by atoms with Gasteiger partial charge in [-0.15, -0.1) is 0 Å². The van der Waals surface area contributed by atoms with E-state index in [1.54, 1.807) is 0 Å². The Labute approximate surface area is 219 Å². The van der Waals surface area contributed by atoms with Crippen LogP contribution in [-0.2, 0) is 0 Å². The highest BCUT2D eigenvalue weighted by molar-refractivity contribution is 6.04. The Balaban J connectivity index is 1.43. The van der Waals surface area contributed by atoms with Gasteiger partial charge in [0.05, 0.1) is 17.4 Å². The van der Waals surface area contributed by atoms with Crippen molar-refractivity contribution in [3.05, 3.63) is 18.2 Å². The van der Waals surface area contributed by atoms with Crippen LogP contribution < -0.4 is 21.3 Å². The van der Waals surface area contributed by atoms with Crippen LogP contribution in [0.4, 0.5) is 22.9 Å². The van der Waals surface area contributed by atoms with Crippen molar-refractivity contribution < 1.29 is 0 Å². The molecule has 4 N–H and O–H groups in total. The summed E-state index contributed by atoms with van der Waals surface area (Å²) in [5.74, 6) is 0.586. The summed E-state index contributed by atoms with van der Waals surface area (Å²) in [6.07, 6.45) is 4.91. The van der Waals surface area contributed by atoms with Crippen LogP contribution in [0.5, 0.6) is 0 Å². The second-order valence-electron chi connectivity index (χ2n) is 13.7. The van der Waals surface area contributed by atoms with Gasteiger partial charge in [0.25, 0.3) is 0 Å². The largest absolute Gasteiger partial charge is 0.382 e. The lowest BCUT2D eigenvalue weighted by Gasteiger charge is -2.46. The van der Waals surface area contributed by atoms with Crippen LogP contribution in [0.2, 0.25) is 0 Å². The summed E-state index contributed by atoms with van der Waals surface area (Å²) < 4.78 is 0. The van der Waals surface area contributed by atoms with Crippen molar-refractivity contribution in [1.29, 1.82) is 0 Å². The smallest absolute Gasteiger partial charge is 0.149 e. The number of nitrogen functional groups attached to an aromatic ring is 1. The van der Waals surface area contributed by atoms with Gasteiger partial charge in [0.2, 0.25) is 0 Å². The fraction of sp³-hybridized carbons (Fsp3) is 0.700. The lowest BCUT2D eigenvalue weighted by atomic mass is 9.62. The maximum absolute atomic E-state index is 6.31. The number of rotatable bonds is 8. The standard InChI is InChI=1S/C30H50N6/c1-9-10-11-24-33-25-22-18-21(12-13-23(22)32-27(31)26(25)34-24)36-16-14-35(15-17-36)20-29(5,6)19-30(7,8)28(2,3)4/h12-13,18,24,33-34H,9-11,14-17,19-20H2,1-8H3,(H2,31,32). The SMILES string of the molecule is CCCCC1Nc2c(N)nc3ccc(N4CCN(CC(C)(C)CC(C)(C)C(C)(C)C)CC4)cc3c2N1. The maximum Gasteiger partial charge on any atom is 0.149 e. The fourth-order valence-corrected chi connectivity index (χ4v) is 5.99. The molecule has 4 rings (SSSR count). The monoisotopic (exact) mass is 494 g/mol. The van der Waals surface area contributed by atoms with E-state index in [1.165, 1.54) is 24.9 Å². The van der Waals surface area contributed by atoms with E-state index < -0.39 is 0 Å². The number of nitrogens with one attached hydrogen (secondary N) is 2. The van der Waals surface area contributed by atoms with Gasteiger partial charge in [-0.1, -0.05) is 61.8 Å². The second kappa shape index (κ2) is 9.92. The summed E-state index contributed by atoms with van der Waals surface area (Å²) in [4.78, 5) is 9.89. The topological polar surface area (TPSA) is 69.5 Å². The molecule has 2 aliphatic rings. The van der Waals surface area contributed by atoms with E-state index in [0.717, 1.165) is 61.4 Å². The number of nitrogens with two attached hydrogens (primary N) is 1. The van der Waals surface area contributed by atoms with Gasteiger partial charge in [0.1, 0.15) is 11.5 Å². The molecule has 200 valence electrons. The molecule has 0 aliphatic carbocycles. The molecule has 0 amide bonds. The number of benzene rings is 1. The molecule has 6 nitrogen and oxygen atoms in total. The molecule has 1 aromatic carbocycles. The van der Waals surface area contributed by atoms with Crippen molar-refractivity contribution in [3.63, 3.8) is 0 Å². The van der Waals surface area contributed by atoms with E-state index >= 15 is 0 Å². The molecule has 0 bridgehead atoms. The van der Waals surface area contributed by atoms with Crippen molar-refractivity contribution in [1.82, 2.24) is 9.88 Å². The zero-order valence-corrected chi connectivity index (χ0v) is 24.1. The van der Waals surface area contributed by atoms with E-state index in [-0.39, 0.29) is 6.17 Å². The Bertz CT molecular complexity index is 1060. The first-order valence-corrected chi connectivity index (χ1v) is 14.0. The Morgan fingerprint density at radius 2 is 1.64 bits per heavy atom. The van der Waals surface area contributed by atoms with Crippen LogP contribution in [0.15, 0.2) is 18.2 Å². The van der Waals surface area contributed by atoms with E-state index in [1.807, 2.05) is 0 Å². The van der Waals surface area contributed by atoms with Gasteiger partial charge < -0.3 is 21.3 Å². The average molecular weight is 495 g/mol. The van der Waals surface area contributed by atoms with Crippen LogP contribution in [0.25, 0.3) is 10.9 Å². The van der Waals surface area contributed by atoms with Gasteiger partial charge in [-0.05, 0) is 53.7 Å². The minimum absolute atomic E-state index is 0.230. The van der Waals surface area contributed by atoms with Crippen LogP contribution in [-0.4, -0.2) is 48.8 Å². The quantitative estimate of drug-likeness (QED) is 0.376. The normalized spacial score (nSPS) is 19.3. The van der Waals surface area contributed by atoms with E-state index in [9.17, 15) is 0 Å². The number of anilines is 4. The molecular formula is C30H50N6. The first kappa shape index (κ1) is 26.8. The van der Waals surface area contributed by atoms with E-state index in [2.05, 4.69) is 94.0 Å². The molecule has 1 atom stereocenters. The highest BCUT2D eigenvalue weighted by Gasteiger charge is 2.38. The van der Waals surface area contributed by atoms with Crippen molar-refractivity contribution in [2.75, 3.05) is 54.0 Å². The molecule has 0 saturated carbocycles. The third kappa shape index (κ3) is 5.69. The first-order chi connectivity index (χ1) is 16.8. The van der Waals surface area contributed by atoms with Crippen LogP contribution in [0, 0.1) is 16.2 Å². The number of unbranched alkanes of at least 4 members (excludes halogenated alkanes) is 1. The molecule has 3 heterocycles. The lowest BCUT2D eigenvalue weighted by Crippen LogP contribution is -2.50. The van der Waals surface area contributed by atoms with Crippen molar-refractivity contribution in [2.45, 2.75) is 87.2 Å². The average Bonchev–Trinajstić information content (AvgIpc) is 3.21. The summed E-state index contributed by atoms with van der Waals surface area (Å²) >= 11 is 0. The molecule has 0 spiro atoms. The molecule has 1 fully saturated rings. The summed E-state index contributed by atoms with van der Waals surface area (Å²) in [6.45, 7) is 24.6. The molecule has 1 unspecified atom stereocenters. The highest BCUT2D eigenvalue weighted by Crippen LogP contribution is 2.46. The maximum atomic E-state index is 6.31. The van der Waals surface area contributed by atoms with Crippen LogP contribution >= 0.6 is 0 Å². The summed E-state index contributed by atoms with van der Waals surface area (Å²) in [6, 6.07) is 6.65. The Morgan fingerprint density at radius 1 is 0.972 bits per heavy atom. The predicted octanol–water partition coefficient (Wildman–Crippen LogP) is 6.78. The number of piperazine rings is 1. The van der Waals surface area contributed by atoms with Gasteiger partial charge in [-0.3, -0.25) is 4.90 Å². The predicted molar refractivity (Wildman–Crippen MR) is 157 cm³/mol. The van der Waals surface area contributed by atoms with Gasteiger partial charge in [-0.2, -0.15) is 0 Å². The lowest BCUT2D eigenvalue weighted by molar-refractivity contribution is 0.0462. The van der Waals surface area contributed by atoms with Gasteiger partial charge in [0.15, 0.2) is 0 Å². The second-order valence-corrected chi connectivity index (χ2v) is 13.7. The Hall–Kier alpha value is -2.21. The molecule has 1 saturated heterocycles. The number of fused-ring (bicyclic) bond motifs is 3. The Kier molecular flexibility index (Phi) is 7.40. The first-order valence-electron chi connectivity index (χ1n) is 14.0. The summed E-state index contributed by atoms with van der Waals surface area (Å²) in [5.41, 5.74) is 11.5. The fourth-order valence-electron chi connectivity index (χ4n) is 5.99. The van der Waals surface area contributed by atoms with E-state index in [4.69, 9.17) is 10.7 Å². The zero-order chi connectivity index (χ0) is 26.3. The number of nitrogens with zero attached hydrogens (tertiary/aromatic N) is 3. The molecule has 2 aromatic rings. The van der Waals surface area contributed by atoms with Gasteiger partial charge in [-0.25, -0.2) is 4.98 Å². The molecule has 2 aliphatic heterocycles. The molecule has 0 radical (unpaired) electrons. The van der Waals surface area contributed by atoms with Crippen molar-refractivity contribution in [2.24, 2.45) is 16.2 Å². The van der Waals surface area contributed by atoms with E-state index in [0.29, 0.717) is 22.1 Å². The number of aromatic nitrogens is 1. The third-order valence-electron chi connectivity index (χ3n) is 8.82. The highest BCUT2D eigenvalue weighted by atomic mass is 15.3. The summed E-state index contributed by atoms with van der Waals surface area (Å²) in [7, 11) is 0. The van der Waals surface area contributed by atoms with Crippen molar-refractivity contribution >= 4 is 33.8 Å². The molecule has 6 heteroatoms. The molecular weight excluding hydrogens is 444 g/mol. The van der Waals surface area contributed by atoms with Crippen LogP contribution in [0.1, 0.15) is 81.1 Å². The number of hydrogen-bond acceptors (Lipinski definition) is 6.